The molecule has 3 atom stereocenters. The molecule has 1 radical (unpaired) electrons. The van der Waals surface area contributed by atoms with Crippen LogP contribution in [0.5, 0.6) is 0 Å². The van der Waals surface area contributed by atoms with Crippen molar-refractivity contribution < 1.29 is 9.15 Å². The topological polar surface area (TPSA) is 51.4 Å². The molecule has 5 heteroatoms. The van der Waals surface area contributed by atoms with Crippen LogP contribution in [-0.4, -0.2) is 29.5 Å². The minimum absolute atomic E-state index is 0.0399. The highest BCUT2D eigenvalue weighted by molar-refractivity contribution is 5.48. The summed E-state index contributed by atoms with van der Waals surface area (Å²) in [5, 5.41) is 8.82. The lowest BCUT2D eigenvalue weighted by molar-refractivity contribution is 0.0159. The van der Waals surface area contributed by atoms with Crippen LogP contribution in [0, 0.1) is 12.0 Å². The maximum Gasteiger partial charge on any atom is 0.241 e. The van der Waals surface area contributed by atoms with Gasteiger partial charge >= 0.3 is 0 Å². The van der Waals surface area contributed by atoms with Crippen LogP contribution >= 0.6 is 0 Å². The van der Waals surface area contributed by atoms with Crippen molar-refractivity contribution in [3.05, 3.63) is 77.5 Å². The van der Waals surface area contributed by atoms with E-state index in [2.05, 4.69) is 85.3 Å². The van der Waals surface area contributed by atoms with E-state index in [9.17, 15) is 0 Å². The van der Waals surface area contributed by atoms with Crippen molar-refractivity contribution >= 4 is 5.69 Å². The molecule has 1 aliphatic rings. The number of rotatable bonds is 6. The quantitative estimate of drug-likeness (QED) is 0.566. The summed E-state index contributed by atoms with van der Waals surface area (Å²) in [5.74, 6) is 1.94. The molecule has 2 heterocycles. The van der Waals surface area contributed by atoms with Gasteiger partial charge < -0.3 is 14.1 Å². The highest BCUT2D eigenvalue weighted by Gasteiger charge is 2.35. The first kappa shape index (κ1) is 20.6. The van der Waals surface area contributed by atoms with Crippen molar-refractivity contribution in [2.75, 3.05) is 18.1 Å². The van der Waals surface area contributed by atoms with Gasteiger partial charge in [-0.1, -0.05) is 50.2 Å². The van der Waals surface area contributed by atoms with Gasteiger partial charge in [-0.25, -0.2) is 0 Å². The van der Waals surface area contributed by atoms with Crippen LogP contribution in [0.4, 0.5) is 5.69 Å². The van der Waals surface area contributed by atoms with Gasteiger partial charge in [-0.3, -0.25) is 0 Å². The van der Waals surface area contributed by atoms with Crippen LogP contribution in [-0.2, 0) is 11.2 Å². The third kappa shape index (κ3) is 4.41. The van der Waals surface area contributed by atoms with Crippen LogP contribution < -0.4 is 4.90 Å². The molecule has 1 aliphatic heterocycles. The lowest BCUT2D eigenvalue weighted by Crippen LogP contribution is -2.44. The first-order valence-corrected chi connectivity index (χ1v) is 10.8. The number of ether oxygens (including phenoxy) is 1. The fourth-order valence-electron chi connectivity index (χ4n) is 4.11. The highest BCUT2D eigenvalue weighted by Crippen LogP contribution is 2.34. The third-order valence-corrected chi connectivity index (χ3v) is 5.73. The minimum Gasteiger partial charge on any atom is -0.422 e. The lowest BCUT2D eigenvalue weighted by atomic mass is 9.97. The molecule has 1 aromatic heterocycles. The highest BCUT2D eigenvalue weighted by atomic mass is 16.5. The summed E-state index contributed by atoms with van der Waals surface area (Å²) in [7, 11) is 0. The summed E-state index contributed by atoms with van der Waals surface area (Å²) < 4.78 is 12.1. The van der Waals surface area contributed by atoms with Crippen molar-refractivity contribution in [2.24, 2.45) is 5.92 Å². The second kappa shape index (κ2) is 9.00. The minimum atomic E-state index is -0.108. The van der Waals surface area contributed by atoms with Gasteiger partial charge in [0, 0.05) is 12.2 Å². The predicted octanol–water partition coefficient (Wildman–Crippen LogP) is 5.19. The van der Waals surface area contributed by atoms with Gasteiger partial charge in [0.1, 0.15) is 6.04 Å². The monoisotopic (exact) mass is 404 g/mol. The van der Waals surface area contributed by atoms with E-state index in [4.69, 9.17) is 9.15 Å². The molecule has 0 spiro atoms. The molecule has 0 N–H and O–H groups in total. The standard InChI is InChI=1S/C25H30N3O2/c1-17(2)16-20-10-12-21(13-11-20)18(3)24-26-27-25(30-24)23-19(4)29-15-14-28(23)22-8-6-5-7-9-22/h6-13,17-19,23H,14-16H2,1-4H3. The van der Waals surface area contributed by atoms with E-state index in [-0.39, 0.29) is 18.1 Å². The van der Waals surface area contributed by atoms with Gasteiger partial charge in [-0.15, -0.1) is 10.2 Å². The summed E-state index contributed by atoms with van der Waals surface area (Å²) in [6.45, 7) is 10.1. The number of morpholine rings is 1. The molecule has 0 saturated carbocycles. The first-order chi connectivity index (χ1) is 14.5. The number of hydrogen-bond acceptors (Lipinski definition) is 5. The van der Waals surface area contributed by atoms with Gasteiger partial charge in [0.15, 0.2) is 0 Å². The SMILES string of the molecule is CC(C)Cc1ccc(C(C)c2nnc(C3C(C)OCCN3c3cc[c]cc3)o2)cc1. The molecule has 1 fully saturated rings. The van der Waals surface area contributed by atoms with Gasteiger partial charge in [0.05, 0.1) is 18.6 Å². The van der Waals surface area contributed by atoms with Crippen molar-refractivity contribution in [3.8, 4) is 0 Å². The van der Waals surface area contributed by atoms with Crippen LogP contribution in [0.1, 0.15) is 62.6 Å². The van der Waals surface area contributed by atoms with Gasteiger partial charge in [0.2, 0.25) is 11.8 Å². The average Bonchev–Trinajstić information content (AvgIpc) is 3.23. The lowest BCUT2D eigenvalue weighted by Gasteiger charge is -2.39. The summed E-state index contributed by atoms with van der Waals surface area (Å²) in [6, 6.07) is 19.7. The number of nitrogens with zero attached hydrogens (tertiary/aromatic N) is 3. The number of aromatic nitrogens is 2. The number of benzene rings is 2. The largest absolute Gasteiger partial charge is 0.422 e. The Morgan fingerprint density at radius 3 is 2.50 bits per heavy atom. The maximum atomic E-state index is 6.20. The summed E-state index contributed by atoms with van der Waals surface area (Å²) in [4.78, 5) is 2.28. The summed E-state index contributed by atoms with van der Waals surface area (Å²) in [6.07, 6.45) is 1.05. The zero-order valence-electron chi connectivity index (χ0n) is 18.2. The van der Waals surface area contributed by atoms with Crippen LogP contribution in [0.2, 0.25) is 0 Å². The fraction of sp³-hybridized carbons (Fsp3) is 0.440. The van der Waals surface area contributed by atoms with Crippen molar-refractivity contribution in [3.63, 3.8) is 0 Å². The van der Waals surface area contributed by atoms with Gasteiger partial charge in [-0.05, 0) is 55.5 Å². The molecule has 157 valence electrons. The van der Waals surface area contributed by atoms with Crippen LogP contribution in [0.15, 0.2) is 52.9 Å². The van der Waals surface area contributed by atoms with Gasteiger partial charge in [0.25, 0.3) is 0 Å². The molecular weight excluding hydrogens is 374 g/mol. The number of hydrogen-bond donors (Lipinski definition) is 0. The number of anilines is 1. The fourth-order valence-corrected chi connectivity index (χ4v) is 4.11. The van der Waals surface area contributed by atoms with Crippen molar-refractivity contribution in [1.29, 1.82) is 0 Å². The van der Waals surface area contributed by atoms with E-state index in [0.29, 0.717) is 24.3 Å². The molecule has 4 rings (SSSR count). The van der Waals surface area contributed by atoms with Crippen LogP contribution in [0.25, 0.3) is 0 Å². The average molecular weight is 405 g/mol. The van der Waals surface area contributed by atoms with E-state index in [1.165, 1.54) is 11.1 Å². The molecule has 3 unspecified atom stereocenters. The molecule has 2 aromatic carbocycles. The second-order valence-electron chi connectivity index (χ2n) is 8.51. The Kier molecular flexibility index (Phi) is 6.18. The molecule has 0 aliphatic carbocycles. The van der Waals surface area contributed by atoms with E-state index in [1.807, 2.05) is 12.1 Å². The predicted molar refractivity (Wildman–Crippen MR) is 118 cm³/mol. The third-order valence-electron chi connectivity index (χ3n) is 5.73. The zero-order valence-corrected chi connectivity index (χ0v) is 18.2. The Labute approximate surface area is 179 Å². The smallest absolute Gasteiger partial charge is 0.241 e. The van der Waals surface area contributed by atoms with E-state index < -0.39 is 0 Å². The molecule has 5 nitrogen and oxygen atoms in total. The Balaban J connectivity index is 1.56. The summed E-state index contributed by atoms with van der Waals surface area (Å²) in [5.41, 5.74) is 3.65. The molecule has 3 aromatic rings. The zero-order chi connectivity index (χ0) is 21.1. The van der Waals surface area contributed by atoms with E-state index in [0.717, 1.165) is 18.7 Å². The Morgan fingerprint density at radius 1 is 1.07 bits per heavy atom. The Morgan fingerprint density at radius 2 is 1.80 bits per heavy atom. The van der Waals surface area contributed by atoms with E-state index >= 15 is 0 Å². The maximum absolute atomic E-state index is 6.20. The van der Waals surface area contributed by atoms with E-state index in [1.54, 1.807) is 0 Å². The molecular formula is C25H30N3O2. The van der Waals surface area contributed by atoms with Crippen molar-refractivity contribution in [1.82, 2.24) is 10.2 Å². The molecule has 30 heavy (non-hydrogen) atoms. The van der Waals surface area contributed by atoms with Crippen molar-refractivity contribution in [2.45, 2.75) is 52.2 Å². The summed E-state index contributed by atoms with van der Waals surface area (Å²) >= 11 is 0. The first-order valence-electron chi connectivity index (χ1n) is 10.8. The second-order valence-corrected chi connectivity index (χ2v) is 8.51. The Bertz CT molecular complexity index is 937. The normalized spacial score (nSPS) is 20.5. The molecule has 1 saturated heterocycles. The van der Waals surface area contributed by atoms with Gasteiger partial charge in [-0.2, -0.15) is 0 Å². The Hall–Kier alpha value is -2.66. The molecule has 0 amide bonds. The van der Waals surface area contributed by atoms with Crippen LogP contribution in [0.3, 0.4) is 0 Å². The molecule has 0 bridgehead atoms.